The van der Waals surface area contributed by atoms with Gasteiger partial charge >= 0.3 is 0 Å². The van der Waals surface area contributed by atoms with Crippen molar-refractivity contribution in [3.05, 3.63) is 5.82 Å². The van der Waals surface area contributed by atoms with Gasteiger partial charge in [-0.05, 0) is 6.92 Å². The normalized spacial score (nSPS) is 12.5. The number of nitrogens with one attached hydrogen (secondary N) is 1. The van der Waals surface area contributed by atoms with Crippen LogP contribution in [0.25, 0.3) is 0 Å². The number of hydrogen-bond acceptors (Lipinski definition) is 5. The fourth-order valence-corrected chi connectivity index (χ4v) is 1.99. The molecular formula is C9H17N5S. The average molecular weight is 227 g/mol. The van der Waals surface area contributed by atoms with Crippen molar-refractivity contribution in [2.45, 2.75) is 32.7 Å². The summed E-state index contributed by atoms with van der Waals surface area (Å²) in [5, 5.41) is 8.13. The zero-order chi connectivity index (χ0) is 11.4. The molecule has 0 fully saturated rings. The summed E-state index contributed by atoms with van der Waals surface area (Å²) in [6.45, 7) is 4.05. The predicted octanol–water partition coefficient (Wildman–Crippen LogP) is 1.25. The maximum Gasteiger partial charge on any atom is 0.205 e. The van der Waals surface area contributed by atoms with Crippen LogP contribution in [0, 0.1) is 5.41 Å². The van der Waals surface area contributed by atoms with Crippen molar-refractivity contribution >= 4 is 22.5 Å². The molecule has 0 bridgehead atoms. The van der Waals surface area contributed by atoms with Gasteiger partial charge in [0.1, 0.15) is 5.82 Å². The van der Waals surface area contributed by atoms with E-state index in [9.17, 15) is 0 Å². The first kappa shape index (κ1) is 11.9. The Bertz CT molecular complexity index is 335. The molecule has 1 aromatic heterocycles. The first-order valence-electron chi connectivity index (χ1n) is 4.93. The van der Waals surface area contributed by atoms with Gasteiger partial charge in [-0.25, -0.2) is 4.98 Å². The molecule has 0 aromatic carbocycles. The largest absolute Gasteiger partial charge is 0.388 e. The molecular weight excluding hydrogens is 210 g/mol. The van der Waals surface area contributed by atoms with E-state index in [4.69, 9.17) is 11.1 Å². The molecule has 0 spiro atoms. The van der Waals surface area contributed by atoms with Gasteiger partial charge in [-0.15, -0.1) is 0 Å². The molecule has 0 aliphatic rings. The van der Waals surface area contributed by atoms with Crippen LogP contribution in [0.2, 0.25) is 0 Å². The Hall–Kier alpha value is -1.17. The monoisotopic (exact) mass is 227 g/mol. The second-order valence-electron chi connectivity index (χ2n) is 3.54. The number of aromatic nitrogens is 2. The molecule has 0 saturated carbocycles. The third-order valence-electron chi connectivity index (χ3n) is 2.25. The molecule has 6 heteroatoms. The minimum Gasteiger partial charge on any atom is -0.388 e. The Kier molecular flexibility index (Phi) is 4.02. The first-order valence-corrected chi connectivity index (χ1v) is 5.70. The van der Waals surface area contributed by atoms with Crippen molar-refractivity contribution in [2.75, 3.05) is 11.9 Å². The fourth-order valence-electron chi connectivity index (χ4n) is 1.18. The van der Waals surface area contributed by atoms with Crippen molar-refractivity contribution in [2.24, 2.45) is 5.73 Å². The summed E-state index contributed by atoms with van der Waals surface area (Å²) in [5.41, 5.74) is 5.36. The summed E-state index contributed by atoms with van der Waals surface area (Å²) in [6.07, 6.45) is 1.41. The lowest BCUT2D eigenvalue weighted by Gasteiger charge is -2.23. The van der Waals surface area contributed by atoms with Gasteiger partial charge in [0, 0.05) is 37.5 Å². The van der Waals surface area contributed by atoms with Gasteiger partial charge < -0.3 is 10.6 Å². The van der Waals surface area contributed by atoms with Gasteiger partial charge in [-0.3, -0.25) is 5.41 Å². The standard InChI is InChI=1S/C9H17N5S/c1-4-8-12-9(15-13-8)14(3)6(2)5-7(10)11/h6H,4-5H2,1-3H3,(H3,10,11). The molecule has 1 atom stereocenters. The lowest BCUT2D eigenvalue weighted by Crippen LogP contribution is -2.32. The molecule has 0 saturated heterocycles. The summed E-state index contributed by atoms with van der Waals surface area (Å²) in [6, 6.07) is 0.181. The number of nitrogens with two attached hydrogens (primary N) is 1. The van der Waals surface area contributed by atoms with E-state index in [0.29, 0.717) is 6.42 Å². The van der Waals surface area contributed by atoms with Crippen LogP contribution in [-0.4, -0.2) is 28.3 Å². The van der Waals surface area contributed by atoms with Crippen LogP contribution in [-0.2, 0) is 6.42 Å². The molecule has 1 heterocycles. The van der Waals surface area contributed by atoms with E-state index in [-0.39, 0.29) is 11.9 Å². The van der Waals surface area contributed by atoms with E-state index >= 15 is 0 Å². The molecule has 0 aliphatic heterocycles. The van der Waals surface area contributed by atoms with Gasteiger partial charge in [0.05, 0.1) is 5.84 Å². The highest BCUT2D eigenvalue weighted by Crippen LogP contribution is 2.19. The van der Waals surface area contributed by atoms with Gasteiger partial charge in [-0.2, -0.15) is 4.37 Å². The highest BCUT2D eigenvalue weighted by molar-refractivity contribution is 7.09. The molecule has 1 unspecified atom stereocenters. The van der Waals surface area contributed by atoms with Crippen LogP contribution in [0.3, 0.4) is 0 Å². The van der Waals surface area contributed by atoms with Crippen LogP contribution in [0.15, 0.2) is 0 Å². The van der Waals surface area contributed by atoms with Crippen molar-refractivity contribution in [1.82, 2.24) is 9.36 Å². The van der Waals surface area contributed by atoms with Crippen LogP contribution >= 0.6 is 11.5 Å². The summed E-state index contributed by atoms with van der Waals surface area (Å²) in [7, 11) is 1.95. The van der Waals surface area contributed by atoms with Crippen molar-refractivity contribution < 1.29 is 0 Å². The Morgan fingerprint density at radius 2 is 2.33 bits per heavy atom. The van der Waals surface area contributed by atoms with Crippen LogP contribution < -0.4 is 10.6 Å². The minimum atomic E-state index is 0.181. The Morgan fingerprint density at radius 3 is 2.80 bits per heavy atom. The van der Waals surface area contributed by atoms with E-state index < -0.39 is 0 Å². The van der Waals surface area contributed by atoms with Crippen molar-refractivity contribution in [1.29, 1.82) is 5.41 Å². The van der Waals surface area contributed by atoms with E-state index in [1.807, 2.05) is 25.8 Å². The van der Waals surface area contributed by atoms with Crippen LogP contribution in [0.4, 0.5) is 5.13 Å². The van der Waals surface area contributed by atoms with Gasteiger partial charge in [0.2, 0.25) is 5.13 Å². The number of aryl methyl sites for hydroxylation is 1. The molecule has 15 heavy (non-hydrogen) atoms. The summed E-state index contributed by atoms with van der Waals surface area (Å²) >= 11 is 1.39. The van der Waals surface area contributed by atoms with Crippen LogP contribution in [0.1, 0.15) is 26.1 Å². The highest BCUT2D eigenvalue weighted by atomic mass is 32.1. The summed E-state index contributed by atoms with van der Waals surface area (Å²) in [5.74, 6) is 1.08. The Morgan fingerprint density at radius 1 is 1.67 bits per heavy atom. The Labute approximate surface area is 94.0 Å². The van der Waals surface area contributed by atoms with Crippen LogP contribution in [0.5, 0.6) is 0 Å². The number of rotatable bonds is 5. The predicted molar refractivity (Wildman–Crippen MR) is 63.7 cm³/mol. The van der Waals surface area contributed by atoms with E-state index in [0.717, 1.165) is 17.4 Å². The molecule has 1 rings (SSSR count). The molecule has 84 valence electrons. The maximum absolute atomic E-state index is 7.24. The molecule has 0 aliphatic carbocycles. The van der Waals surface area contributed by atoms with Gasteiger partial charge in [-0.1, -0.05) is 6.92 Å². The van der Waals surface area contributed by atoms with E-state index in [1.54, 1.807) is 0 Å². The zero-order valence-electron chi connectivity index (χ0n) is 9.32. The van der Waals surface area contributed by atoms with E-state index in [2.05, 4.69) is 9.36 Å². The topological polar surface area (TPSA) is 78.9 Å². The average Bonchev–Trinajstić information content (AvgIpc) is 2.63. The Balaban J connectivity index is 2.66. The first-order chi connectivity index (χ1) is 7.04. The summed E-state index contributed by atoms with van der Waals surface area (Å²) in [4.78, 5) is 6.39. The highest BCUT2D eigenvalue weighted by Gasteiger charge is 2.14. The second kappa shape index (κ2) is 5.06. The molecule has 1 aromatic rings. The SMILES string of the molecule is CCc1nsc(N(C)C(C)CC(=N)N)n1. The number of anilines is 1. The lowest BCUT2D eigenvalue weighted by molar-refractivity contribution is 0.705. The number of hydrogen-bond donors (Lipinski definition) is 2. The van der Waals surface area contributed by atoms with E-state index in [1.165, 1.54) is 11.5 Å². The summed E-state index contributed by atoms with van der Waals surface area (Å²) < 4.78 is 4.22. The molecule has 0 radical (unpaired) electrons. The second-order valence-corrected chi connectivity index (χ2v) is 4.27. The van der Waals surface area contributed by atoms with Gasteiger partial charge in [0.25, 0.3) is 0 Å². The quantitative estimate of drug-likeness (QED) is 0.586. The lowest BCUT2D eigenvalue weighted by atomic mass is 10.2. The van der Waals surface area contributed by atoms with Crippen molar-refractivity contribution in [3.63, 3.8) is 0 Å². The molecule has 3 N–H and O–H groups in total. The number of nitrogens with zero attached hydrogens (tertiary/aromatic N) is 3. The zero-order valence-corrected chi connectivity index (χ0v) is 10.1. The third kappa shape index (κ3) is 3.16. The third-order valence-corrected chi connectivity index (χ3v) is 3.10. The smallest absolute Gasteiger partial charge is 0.205 e. The van der Waals surface area contributed by atoms with Gasteiger partial charge in [0.15, 0.2) is 0 Å². The maximum atomic E-state index is 7.24. The van der Waals surface area contributed by atoms with Crippen molar-refractivity contribution in [3.8, 4) is 0 Å². The molecule has 0 amide bonds. The molecule has 5 nitrogen and oxygen atoms in total. The number of amidine groups is 1. The fraction of sp³-hybridized carbons (Fsp3) is 0.667. The minimum absolute atomic E-state index is 0.181.